The monoisotopic (exact) mass is 284 g/mol. The van der Waals surface area contributed by atoms with Crippen LogP contribution in [-0.2, 0) is 6.42 Å². The fourth-order valence-corrected chi connectivity index (χ4v) is 2.27. The second kappa shape index (κ2) is 5.84. The summed E-state index contributed by atoms with van der Waals surface area (Å²) in [7, 11) is 0. The summed E-state index contributed by atoms with van der Waals surface area (Å²) < 4.78 is 0. The van der Waals surface area contributed by atoms with Gasteiger partial charge in [-0.2, -0.15) is 0 Å². The number of rotatable bonds is 4. The average Bonchev–Trinajstić information content (AvgIpc) is 2.48. The van der Waals surface area contributed by atoms with Crippen molar-refractivity contribution in [2.75, 3.05) is 11.9 Å². The molecule has 5 heteroatoms. The van der Waals surface area contributed by atoms with Crippen LogP contribution in [0.25, 0.3) is 10.9 Å². The highest BCUT2D eigenvalue weighted by Crippen LogP contribution is 2.18. The molecule has 0 atom stereocenters. The fourth-order valence-electron chi connectivity index (χ4n) is 2.07. The molecule has 20 heavy (non-hydrogen) atoms. The number of aromatic nitrogens is 3. The number of nitrogens with zero attached hydrogens (tertiary/aromatic N) is 3. The van der Waals surface area contributed by atoms with E-state index in [1.54, 1.807) is 12.5 Å². The first kappa shape index (κ1) is 12.8. The van der Waals surface area contributed by atoms with E-state index in [0.717, 1.165) is 35.2 Å². The lowest BCUT2D eigenvalue weighted by Gasteiger charge is -2.08. The zero-order valence-corrected chi connectivity index (χ0v) is 11.5. The van der Waals surface area contributed by atoms with Gasteiger partial charge in [-0.05, 0) is 36.2 Å². The predicted molar refractivity (Wildman–Crippen MR) is 81.0 cm³/mol. The number of halogens is 1. The van der Waals surface area contributed by atoms with E-state index in [1.165, 1.54) is 0 Å². The van der Waals surface area contributed by atoms with Crippen molar-refractivity contribution in [1.82, 2.24) is 15.0 Å². The van der Waals surface area contributed by atoms with Crippen LogP contribution in [0.5, 0.6) is 0 Å². The molecule has 100 valence electrons. The molecule has 4 nitrogen and oxygen atoms in total. The summed E-state index contributed by atoms with van der Waals surface area (Å²) in [6.07, 6.45) is 4.16. The van der Waals surface area contributed by atoms with Gasteiger partial charge >= 0.3 is 0 Å². The van der Waals surface area contributed by atoms with Crippen molar-refractivity contribution >= 4 is 28.3 Å². The molecule has 0 saturated carbocycles. The highest BCUT2D eigenvalue weighted by Gasteiger charge is 2.02. The highest BCUT2D eigenvalue weighted by atomic mass is 35.5. The van der Waals surface area contributed by atoms with Crippen LogP contribution in [0.4, 0.5) is 5.82 Å². The third-order valence-electron chi connectivity index (χ3n) is 3.04. The van der Waals surface area contributed by atoms with Crippen LogP contribution in [0.15, 0.2) is 48.9 Å². The minimum absolute atomic E-state index is 0.523. The average molecular weight is 285 g/mol. The predicted octanol–water partition coefficient (Wildman–Crippen LogP) is 3.33. The Morgan fingerprint density at radius 3 is 2.85 bits per heavy atom. The molecule has 3 aromatic rings. The number of pyridine rings is 1. The summed E-state index contributed by atoms with van der Waals surface area (Å²) in [6.45, 7) is 0.779. The molecule has 0 fully saturated rings. The van der Waals surface area contributed by atoms with Gasteiger partial charge in [0.05, 0.1) is 5.52 Å². The van der Waals surface area contributed by atoms with Crippen LogP contribution in [0.3, 0.4) is 0 Å². The van der Waals surface area contributed by atoms with Crippen molar-refractivity contribution in [3.8, 4) is 0 Å². The van der Waals surface area contributed by atoms with Crippen LogP contribution in [0, 0.1) is 0 Å². The van der Waals surface area contributed by atoms with Crippen molar-refractivity contribution in [2.45, 2.75) is 6.42 Å². The van der Waals surface area contributed by atoms with E-state index >= 15 is 0 Å². The number of benzene rings is 1. The minimum Gasteiger partial charge on any atom is -0.369 e. The van der Waals surface area contributed by atoms with E-state index in [2.05, 4.69) is 20.3 Å². The van der Waals surface area contributed by atoms with E-state index in [9.17, 15) is 0 Å². The summed E-state index contributed by atoms with van der Waals surface area (Å²) >= 11 is 5.87. The lowest BCUT2D eigenvalue weighted by atomic mass is 10.2. The Morgan fingerprint density at radius 1 is 1.05 bits per heavy atom. The number of hydrogen-bond acceptors (Lipinski definition) is 4. The van der Waals surface area contributed by atoms with E-state index in [-0.39, 0.29) is 0 Å². The molecule has 3 rings (SSSR count). The first-order chi connectivity index (χ1) is 9.83. The maximum absolute atomic E-state index is 5.87. The van der Waals surface area contributed by atoms with Crippen LogP contribution < -0.4 is 5.32 Å². The SMILES string of the molecule is Clc1cc(CCNc2ncnc3ccccc23)ccn1. The first-order valence-corrected chi connectivity index (χ1v) is 6.75. The van der Waals surface area contributed by atoms with Gasteiger partial charge in [0.1, 0.15) is 17.3 Å². The third kappa shape index (κ3) is 2.86. The van der Waals surface area contributed by atoms with Gasteiger partial charge in [0.2, 0.25) is 0 Å². The van der Waals surface area contributed by atoms with Crippen molar-refractivity contribution in [2.24, 2.45) is 0 Å². The maximum Gasteiger partial charge on any atom is 0.137 e. The second-order valence-electron chi connectivity index (χ2n) is 4.40. The molecule has 0 unspecified atom stereocenters. The van der Waals surface area contributed by atoms with Crippen molar-refractivity contribution in [1.29, 1.82) is 0 Å². The Kier molecular flexibility index (Phi) is 3.74. The summed E-state index contributed by atoms with van der Waals surface area (Å²) in [4.78, 5) is 12.5. The molecule has 0 bridgehead atoms. The van der Waals surface area contributed by atoms with Gasteiger partial charge in [0.15, 0.2) is 0 Å². The second-order valence-corrected chi connectivity index (χ2v) is 4.79. The maximum atomic E-state index is 5.87. The number of anilines is 1. The Morgan fingerprint density at radius 2 is 1.95 bits per heavy atom. The summed E-state index contributed by atoms with van der Waals surface area (Å²) in [5, 5.41) is 4.89. The largest absolute Gasteiger partial charge is 0.369 e. The molecular weight excluding hydrogens is 272 g/mol. The lowest BCUT2D eigenvalue weighted by molar-refractivity contribution is 1.00. The van der Waals surface area contributed by atoms with Gasteiger partial charge in [0.25, 0.3) is 0 Å². The molecular formula is C15H13ClN4. The van der Waals surface area contributed by atoms with Crippen LogP contribution >= 0.6 is 11.6 Å². The molecule has 0 aliphatic heterocycles. The highest BCUT2D eigenvalue weighted by molar-refractivity contribution is 6.29. The molecule has 1 N–H and O–H groups in total. The van der Waals surface area contributed by atoms with Gasteiger partial charge in [-0.25, -0.2) is 15.0 Å². The Balaban J connectivity index is 1.71. The third-order valence-corrected chi connectivity index (χ3v) is 3.25. The molecule has 0 aliphatic rings. The minimum atomic E-state index is 0.523. The molecule has 1 aromatic carbocycles. The Labute approximate surface area is 121 Å². The van der Waals surface area contributed by atoms with E-state index in [1.807, 2.05) is 36.4 Å². The smallest absolute Gasteiger partial charge is 0.137 e. The summed E-state index contributed by atoms with van der Waals surface area (Å²) in [5.41, 5.74) is 2.09. The fraction of sp³-hybridized carbons (Fsp3) is 0.133. The number of hydrogen-bond donors (Lipinski definition) is 1. The normalized spacial score (nSPS) is 10.7. The Bertz CT molecular complexity index is 724. The number of nitrogens with one attached hydrogen (secondary N) is 1. The van der Waals surface area contributed by atoms with Crippen LogP contribution in [0.2, 0.25) is 5.15 Å². The zero-order valence-electron chi connectivity index (χ0n) is 10.8. The van der Waals surface area contributed by atoms with E-state index < -0.39 is 0 Å². The van der Waals surface area contributed by atoms with Gasteiger partial charge < -0.3 is 5.32 Å². The van der Waals surface area contributed by atoms with Crippen molar-refractivity contribution < 1.29 is 0 Å². The summed E-state index contributed by atoms with van der Waals surface area (Å²) in [6, 6.07) is 11.8. The molecule has 0 radical (unpaired) electrons. The molecule has 0 amide bonds. The van der Waals surface area contributed by atoms with Crippen LogP contribution in [-0.4, -0.2) is 21.5 Å². The standard InChI is InChI=1S/C15H13ClN4/c16-14-9-11(5-7-17-14)6-8-18-15-12-3-1-2-4-13(12)19-10-20-15/h1-5,7,9-10H,6,8H2,(H,18,19,20). The Hall–Kier alpha value is -2.20. The zero-order chi connectivity index (χ0) is 13.8. The first-order valence-electron chi connectivity index (χ1n) is 6.37. The lowest BCUT2D eigenvalue weighted by Crippen LogP contribution is -2.07. The molecule has 0 spiro atoms. The van der Waals surface area contributed by atoms with Crippen molar-refractivity contribution in [3.63, 3.8) is 0 Å². The number of para-hydroxylation sites is 1. The van der Waals surface area contributed by atoms with E-state index in [4.69, 9.17) is 11.6 Å². The topological polar surface area (TPSA) is 50.7 Å². The molecule has 2 heterocycles. The van der Waals surface area contributed by atoms with Gasteiger partial charge in [-0.1, -0.05) is 23.7 Å². The van der Waals surface area contributed by atoms with Crippen molar-refractivity contribution in [3.05, 3.63) is 59.6 Å². The molecule has 0 saturated heterocycles. The van der Waals surface area contributed by atoms with Crippen LogP contribution in [0.1, 0.15) is 5.56 Å². The van der Waals surface area contributed by atoms with Gasteiger partial charge in [-0.3, -0.25) is 0 Å². The quantitative estimate of drug-likeness (QED) is 0.747. The molecule has 0 aliphatic carbocycles. The van der Waals surface area contributed by atoms with Gasteiger partial charge in [-0.15, -0.1) is 0 Å². The number of fused-ring (bicyclic) bond motifs is 1. The van der Waals surface area contributed by atoms with Gasteiger partial charge in [0, 0.05) is 18.1 Å². The summed E-state index contributed by atoms with van der Waals surface area (Å²) in [5.74, 6) is 0.857. The molecule has 2 aromatic heterocycles. The van der Waals surface area contributed by atoms with E-state index in [0.29, 0.717) is 5.15 Å².